The van der Waals surface area contributed by atoms with E-state index in [2.05, 4.69) is 35.1 Å². The van der Waals surface area contributed by atoms with Crippen molar-refractivity contribution >= 4 is 29.9 Å². The summed E-state index contributed by atoms with van der Waals surface area (Å²) in [7, 11) is 0. The molecule has 0 aliphatic carbocycles. The first-order valence-electron chi connectivity index (χ1n) is 9.48. The van der Waals surface area contributed by atoms with Crippen molar-refractivity contribution < 1.29 is 9.13 Å². The van der Waals surface area contributed by atoms with Crippen LogP contribution in [-0.2, 0) is 11.2 Å². The number of nitrogens with one attached hydrogen (secondary N) is 1. The summed E-state index contributed by atoms with van der Waals surface area (Å²) in [4.78, 5) is 11.2. The molecule has 5 nitrogen and oxygen atoms in total. The summed E-state index contributed by atoms with van der Waals surface area (Å²) < 4.78 is 19.3. The maximum atomic E-state index is 13.2. The summed E-state index contributed by atoms with van der Waals surface area (Å²) in [6.45, 7) is 7.09. The van der Waals surface area contributed by atoms with E-state index in [1.807, 2.05) is 12.3 Å². The van der Waals surface area contributed by atoms with Crippen molar-refractivity contribution in [2.24, 2.45) is 4.99 Å². The van der Waals surface area contributed by atoms with Gasteiger partial charge in [0.25, 0.3) is 0 Å². The lowest BCUT2D eigenvalue weighted by Gasteiger charge is -2.38. The molecule has 0 spiro atoms. The molecule has 2 heterocycles. The number of aliphatic imine (C=N–C) groups is 1. The highest BCUT2D eigenvalue weighted by Crippen LogP contribution is 2.25. The smallest absolute Gasteiger partial charge is 0.194 e. The second-order valence-electron chi connectivity index (χ2n) is 6.74. The van der Waals surface area contributed by atoms with Gasteiger partial charge in [0.2, 0.25) is 0 Å². The van der Waals surface area contributed by atoms with E-state index in [0.717, 1.165) is 31.0 Å². The van der Waals surface area contributed by atoms with Crippen LogP contribution in [0.2, 0.25) is 0 Å². The van der Waals surface area contributed by atoms with Crippen LogP contribution in [-0.4, -0.2) is 48.1 Å². The van der Waals surface area contributed by atoms with E-state index in [1.54, 1.807) is 18.3 Å². The number of rotatable bonds is 5. The lowest BCUT2D eigenvalue weighted by molar-refractivity contribution is -0.0605. The minimum Gasteiger partial charge on any atom is -0.367 e. The number of ether oxygens (including phenoxy) is 1. The molecule has 1 fully saturated rings. The Morgan fingerprint density at radius 1 is 1.29 bits per heavy atom. The maximum absolute atomic E-state index is 13.2. The standard InChI is InChI=1S/C21H27FN4O.HI/c1-3-24-21(25-12-10-17-5-4-11-23-13-17)26-14-16(2)27-20(15-26)18-6-8-19(22)9-7-18;/h4-9,11,13,16,20H,3,10,12,14-15H2,1-2H3,(H,24,25);1H. The lowest BCUT2D eigenvalue weighted by Crippen LogP contribution is -2.50. The molecule has 1 aliphatic rings. The first-order chi connectivity index (χ1) is 13.2. The van der Waals surface area contributed by atoms with Gasteiger partial charge in [-0.15, -0.1) is 24.0 Å². The van der Waals surface area contributed by atoms with Crippen LogP contribution in [0.15, 0.2) is 53.8 Å². The van der Waals surface area contributed by atoms with E-state index >= 15 is 0 Å². The molecule has 1 aromatic heterocycles. The molecule has 1 aliphatic heterocycles. The molecule has 3 rings (SSSR count). The molecule has 2 atom stereocenters. The first-order valence-corrected chi connectivity index (χ1v) is 9.48. The maximum Gasteiger partial charge on any atom is 0.194 e. The van der Waals surface area contributed by atoms with Crippen LogP contribution in [0, 0.1) is 5.82 Å². The largest absolute Gasteiger partial charge is 0.367 e. The molecular formula is C21H28FIN4O. The summed E-state index contributed by atoms with van der Waals surface area (Å²) in [6, 6.07) is 10.6. The number of hydrogen-bond acceptors (Lipinski definition) is 3. The van der Waals surface area contributed by atoms with Gasteiger partial charge in [-0.2, -0.15) is 0 Å². The molecule has 7 heteroatoms. The fourth-order valence-electron chi connectivity index (χ4n) is 3.25. The Balaban J connectivity index is 0.00000280. The molecule has 0 radical (unpaired) electrons. The second-order valence-corrected chi connectivity index (χ2v) is 6.74. The second kappa shape index (κ2) is 11.3. The van der Waals surface area contributed by atoms with Crippen LogP contribution in [0.1, 0.15) is 31.1 Å². The van der Waals surface area contributed by atoms with Crippen molar-refractivity contribution in [1.82, 2.24) is 15.2 Å². The van der Waals surface area contributed by atoms with E-state index in [9.17, 15) is 4.39 Å². The van der Waals surface area contributed by atoms with Gasteiger partial charge in [-0.1, -0.05) is 18.2 Å². The zero-order chi connectivity index (χ0) is 19.1. The van der Waals surface area contributed by atoms with Gasteiger partial charge in [-0.25, -0.2) is 4.39 Å². The number of halogens is 2. The molecule has 28 heavy (non-hydrogen) atoms. The monoisotopic (exact) mass is 498 g/mol. The highest BCUT2D eigenvalue weighted by molar-refractivity contribution is 14.0. The Bertz CT molecular complexity index is 742. The van der Waals surface area contributed by atoms with Crippen LogP contribution in [0.4, 0.5) is 4.39 Å². The number of aromatic nitrogens is 1. The molecule has 1 N–H and O–H groups in total. The first kappa shape index (κ1) is 22.5. The van der Waals surface area contributed by atoms with Crippen molar-refractivity contribution in [1.29, 1.82) is 0 Å². The topological polar surface area (TPSA) is 49.8 Å². The number of pyridine rings is 1. The predicted molar refractivity (Wildman–Crippen MR) is 121 cm³/mol. The summed E-state index contributed by atoms with van der Waals surface area (Å²) in [5, 5.41) is 3.39. The number of benzene rings is 1. The SMILES string of the molecule is CCNC(=NCCc1cccnc1)N1CC(C)OC(c2ccc(F)cc2)C1.I. The van der Waals surface area contributed by atoms with Crippen molar-refractivity contribution in [3.63, 3.8) is 0 Å². The molecule has 0 saturated carbocycles. The average molecular weight is 498 g/mol. The lowest BCUT2D eigenvalue weighted by atomic mass is 10.1. The predicted octanol–water partition coefficient (Wildman–Crippen LogP) is 3.81. The average Bonchev–Trinajstić information content (AvgIpc) is 2.68. The van der Waals surface area contributed by atoms with Gasteiger partial charge in [0.1, 0.15) is 11.9 Å². The van der Waals surface area contributed by atoms with E-state index in [1.165, 1.54) is 17.7 Å². The molecule has 0 amide bonds. The number of guanidine groups is 1. The van der Waals surface area contributed by atoms with Crippen LogP contribution >= 0.6 is 24.0 Å². The zero-order valence-electron chi connectivity index (χ0n) is 16.3. The Morgan fingerprint density at radius 3 is 2.75 bits per heavy atom. The molecule has 2 aromatic rings. The van der Waals surface area contributed by atoms with Gasteiger partial charge in [-0.3, -0.25) is 9.98 Å². The molecule has 1 saturated heterocycles. The van der Waals surface area contributed by atoms with E-state index < -0.39 is 0 Å². The van der Waals surface area contributed by atoms with Gasteiger partial charge in [0.15, 0.2) is 5.96 Å². The molecule has 1 aromatic carbocycles. The van der Waals surface area contributed by atoms with Crippen molar-refractivity contribution in [3.8, 4) is 0 Å². The summed E-state index contributed by atoms with van der Waals surface area (Å²) in [6.07, 6.45) is 4.47. The third-order valence-corrected chi connectivity index (χ3v) is 4.52. The van der Waals surface area contributed by atoms with Crippen LogP contribution < -0.4 is 5.32 Å². The van der Waals surface area contributed by atoms with Gasteiger partial charge in [0, 0.05) is 32.0 Å². The number of nitrogens with zero attached hydrogens (tertiary/aromatic N) is 3. The zero-order valence-corrected chi connectivity index (χ0v) is 18.7. The highest BCUT2D eigenvalue weighted by Gasteiger charge is 2.28. The minimum atomic E-state index is -0.232. The van der Waals surface area contributed by atoms with Gasteiger partial charge >= 0.3 is 0 Å². The summed E-state index contributed by atoms with van der Waals surface area (Å²) in [5.41, 5.74) is 2.16. The van der Waals surface area contributed by atoms with Crippen LogP contribution in [0.5, 0.6) is 0 Å². The molecule has 2 unspecified atom stereocenters. The van der Waals surface area contributed by atoms with Gasteiger partial charge in [-0.05, 0) is 49.6 Å². The van der Waals surface area contributed by atoms with E-state index in [4.69, 9.17) is 9.73 Å². The number of hydrogen-bond donors (Lipinski definition) is 1. The van der Waals surface area contributed by atoms with E-state index in [0.29, 0.717) is 13.1 Å². The van der Waals surface area contributed by atoms with Crippen molar-refractivity contribution in [2.45, 2.75) is 32.5 Å². The normalized spacial score (nSPS) is 19.8. The molecule has 0 bridgehead atoms. The van der Waals surface area contributed by atoms with Crippen molar-refractivity contribution in [2.75, 3.05) is 26.2 Å². The Hall–Kier alpha value is -1.74. The Morgan fingerprint density at radius 2 is 2.07 bits per heavy atom. The van der Waals surface area contributed by atoms with Gasteiger partial charge < -0.3 is 15.0 Å². The van der Waals surface area contributed by atoms with Crippen molar-refractivity contribution in [3.05, 3.63) is 65.7 Å². The molecular weight excluding hydrogens is 470 g/mol. The van der Waals surface area contributed by atoms with E-state index in [-0.39, 0.29) is 42.0 Å². The third kappa shape index (κ3) is 6.41. The highest BCUT2D eigenvalue weighted by atomic mass is 127. The quantitative estimate of drug-likeness (QED) is 0.387. The summed E-state index contributed by atoms with van der Waals surface area (Å²) >= 11 is 0. The summed E-state index contributed by atoms with van der Waals surface area (Å²) in [5.74, 6) is 0.661. The fourth-order valence-corrected chi connectivity index (χ4v) is 3.25. The van der Waals surface area contributed by atoms with Crippen LogP contribution in [0.25, 0.3) is 0 Å². The van der Waals surface area contributed by atoms with Gasteiger partial charge in [0.05, 0.1) is 12.6 Å². The molecule has 152 valence electrons. The fraction of sp³-hybridized carbons (Fsp3) is 0.429. The Kier molecular flexibility index (Phi) is 9.11. The van der Waals surface area contributed by atoms with Crippen LogP contribution in [0.3, 0.4) is 0 Å². The number of morpholine rings is 1. The third-order valence-electron chi connectivity index (χ3n) is 4.52. The minimum absolute atomic E-state index is 0. The Labute approximate surface area is 183 Å².